The average molecular weight is 240 g/mol. The number of anilines is 1. The van der Waals surface area contributed by atoms with Crippen molar-refractivity contribution < 1.29 is 14.3 Å². The Hall–Kier alpha value is -2.05. The molecule has 1 heterocycles. The van der Waals surface area contributed by atoms with Gasteiger partial charge in [-0.1, -0.05) is 0 Å². The number of aromatic nitrogens is 2. The van der Waals surface area contributed by atoms with Crippen LogP contribution in [-0.4, -0.2) is 47.8 Å². The molecule has 1 aromatic heterocycles. The predicted octanol–water partition coefficient (Wildman–Crippen LogP) is -0.270. The average Bonchev–Trinajstić information content (AvgIpc) is 2.66. The first-order chi connectivity index (χ1) is 7.95. The number of amides is 1. The van der Waals surface area contributed by atoms with Crippen LogP contribution in [0.2, 0.25) is 0 Å². The number of methoxy groups -OCH3 is 1. The molecule has 17 heavy (non-hydrogen) atoms. The van der Waals surface area contributed by atoms with Crippen molar-refractivity contribution in [1.82, 2.24) is 14.7 Å². The van der Waals surface area contributed by atoms with E-state index in [0.29, 0.717) is 13.0 Å². The number of aryl methyl sites for hydroxylation is 1. The largest absolute Gasteiger partial charge is 0.464 e. The summed E-state index contributed by atoms with van der Waals surface area (Å²) >= 11 is 0. The highest BCUT2D eigenvalue weighted by molar-refractivity contribution is 5.92. The molecular weight excluding hydrogens is 224 g/mol. The second-order valence-corrected chi connectivity index (χ2v) is 3.73. The molecule has 0 aliphatic heterocycles. The Morgan fingerprint density at radius 2 is 2.18 bits per heavy atom. The topological polar surface area (TPSA) is 90.4 Å². The van der Waals surface area contributed by atoms with Gasteiger partial charge >= 0.3 is 5.97 Å². The van der Waals surface area contributed by atoms with Crippen LogP contribution in [0.3, 0.4) is 0 Å². The van der Waals surface area contributed by atoms with Crippen LogP contribution in [0.4, 0.5) is 5.69 Å². The van der Waals surface area contributed by atoms with Crippen LogP contribution in [-0.2, 0) is 16.1 Å². The van der Waals surface area contributed by atoms with Crippen LogP contribution in [0.1, 0.15) is 16.9 Å². The summed E-state index contributed by atoms with van der Waals surface area (Å²) in [5.74, 6) is -0.598. The monoisotopic (exact) mass is 240 g/mol. The van der Waals surface area contributed by atoms with E-state index in [2.05, 4.69) is 9.84 Å². The molecule has 0 spiro atoms. The molecule has 0 bridgehead atoms. The van der Waals surface area contributed by atoms with E-state index in [9.17, 15) is 9.59 Å². The fourth-order valence-corrected chi connectivity index (χ4v) is 1.24. The Balaban J connectivity index is 2.68. The quantitative estimate of drug-likeness (QED) is 0.731. The molecular formula is C10H16N4O3. The molecule has 0 atom stereocenters. The van der Waals surface area contributed by atoms with Gasteiger partial charge in [0.05, 0.1) is 12.8 Å². The molecule has 94 valence electrons. The molecule has 7 heteroatoms. The van der Waals surface area contributed by atoms with Gasteiger partial charge in [-0.25, -0.2) is 4.79 Å². The molecule has 1 rings (SSSR count). The van der Waals surface area contributed by atoms with Crippen LogP contribution in [0.15, 0.2) is 6.20 Å². The fraction of sp³-hybridized carbons (Fsp3) is 0.500. The van der Waals surface area contributed by atoms with Gasteiger partial charge in [0.1, 0.15) is 0 Å². The lowest BCUT2D eigenvalue weighted by atomic mass is 10.4. The van der Waals surface area contributed by atoms with Gasteiger partial charge in [-0.3, -0.25) is 9.48 Å². The molecule has 2 N–H and O–H groups in total. The van der Waals surface area contributed by atoms with E-state index in [-0.39, 0.29) is 17.3 Å². The Bertz CT molecular complexity index is 425. The van der Waals surface area contributed by atoms with Crippen molar-refractivity contribution in [3.8, 4) is 0 Å². The number of ether oxygens (including phenoxy) is 1. The molecule has 0 aliphatic carbocycles. The predicted molar refractivity (Wildman–Crippen MR) is 61.3 cm³/mol. The van der Waals surface area contributed by atoms with Crippen molar-refractivity contribution in [2.45, 2.75) is 13.0 Å². The number of nitrogen functional groups attached to an aromatic ring is 1. The summed E-state index contributed by atoms with van der Waals surface area (Å²) in [7, 11) is 4.62. The van der Waals surface area contributed by atoms with Crippen LogP contribution in [0.25, 0.3) is 0 Å². The minimum absolute atomic E-state index is 0.0151. The summed E-state index contributed by atoms with van der Waals surface area (Å²) in [5.41, 5.74) is 5.92. The van der Waals surface area contributed by atoms with Gasteiger partial charge in [0, 0.05) is 33.3 Å². The minimum Gasteiger partial charge on any atom is -0.464 e. The molecule has 0 unspecified atom stereocenters. The van der Waals surface area contributed by atoms with Crippen molar-refractivity contribution in [3.05, 3.63) is 11.9 Å². The second kappa shape index (κ2) is 5.33. The fourth-order valence-electron chi connectivity index (χ4n) is 1.24. The summed E-state index contributed by atoms with van der Waals surface area (Å²) in [6.45, 7) is 0.373. The third-order valence-corrected chi connectivity index (χ3v) is 2.22. The maximum absolute atomic E-state index is 11.4. The molecule has 0 radical (unpaired) electrons. The van der Waals surface area contributed by atoms with Crippen LogP contribution in [0, 0.1) is 0 Å². The number of nitrogens with zero attached hydrogens (tertiary/aromatic N) is 3. The third kappa shape index (κ3) is 3.20. The smallest absolute Gasteiger partial charge is 0.360 e. The molecule has 1 aromatic rings. The first-order valence-corrected chi connectivity index (χ1v) is 5.07. The summed E-state index contributed by atoms with van der Waals surface area (Å²) in [4.78, 5) is 24.1. The number of esters is 1. The normalized spacial score (nSPS) is 10.1. The van der Waals surface area contributed by atoms with Crippen LogP contribution < -0.4 is 5.73 Å². The summed E-state index contributed by atoms with van der Waals surface area (Å²) in [6.07, 6.45) is 1.81. The van der Waals surface area contributed by atoms with Gasteiger partial charge in [-0.05, 0) is 0 Å². The SMILES string of the molecule is COC(=O)c1nn(CCC(=O)N(C)C)cc1N. The van der Waals surface area contributed by atoms with Crippen molar-refractivity contribution in [3.63, 3.8) is 0 Å². The zero-order chi connectivity index (χ0) is 13.0. The lowest BCUT2D eigenvalue weighted by molar-refractivity contribution is -0.128. The standard InChI is InChI=1S/C10H16N4O3/c1-13(2)8(15)4-5-14-6-7(11)9(12-14)10(16)17-3/h6H,4-5,11H2,1-3H3. The van der Waals surface area contributed by atoms with Crippen molar-refractivity contribution in [2.75, 3.05) is 26.9 Å². The number of carbonyl (C=O) groups is 2. The van der Waals surface area contributed by atoms with Gasteiger partial charge < -0.3 is 15.4 Å². The summed E-state index contributed by atoms with van der Waals surface area (Å²) in [6, 6.07) is 0. The first-order valence-electron chi connectivity index (χ1n) is 5.07. The van der Waals surface area contributed by atoms with Crippen molar-refractivity contribution >= 4 is 17.6 Å². The van der Waals surface area contributed by atoms with E-state index >= 15 is 0 Å². The highest BCUT2D eigenvalue weighted by atomic mass is 16.5. The van der Waals surface area contributed by atoms with E-state index in [0.717, 1.165) is 0 Å². The lowest BCUT2D eigenvalue weighted by Crippen LogP contribution is -2.23. The minimum atomic E-state index is -0.583. The van der Waals surface area contributed by atoms with Gasteiger partial charge in [0.15, 0.2) is 5.69 Å². The zero-order valence-electron chi connectivity index (χ0n) is 10.1. The molecule has 0 fully saturated rings. The molecule has 0 aromatic carbocycles. The number of hydrogen-bond donors (Lipinski definition) is 1. The van der Waals surface area contributed by atoms with Crippen molar-refractivity contribution in [1.29, 1.82) is 0 Å². The summed E-state index contributed by atoms with van der Waals surface area (Å²) < 4.78 is 5.99. The molecule has 0 saturated heterocycles. The number of nitrogens with two attached hydrogens (primary N) is 1. The maximum atomic E-state index is 11.4. The zero-order valence-corrected chi connectivity index (χ0v) is 10.1. The molecule has 7 nitrogen and oxygen atoms in total. The first kappa shape index (κ1) is 13.0. The van der Waals surface area contributed by atoms with E-state index < -0.39 is 5.97 Å². The molecule has 0 saturated carbocycles. The Labute approximate surface area is 99.1 Å². The van der Waals surface area contributed by atoms with Gasteiger partial charge in [0.25, 0.3) is 0 Å². The van der Waals surface area contributed by atoms with Crippen LogP contribution >= 0.6 is 0 Å². The van der Waals surface area contributed by atoms with E-state index in [4.69, 9.17) is 5.73 Å². The van der Waals surface area contributed by atoms with E-state index in [1.807, 2.05) is 0 Å². The van der Waals surface area contributed by atoms with E-state index in [1.165, 1.54) is 22.9 Å². The summed E-state index contributed by atoms with van der Waals surface area (Å²) in [5, 5.41) is 3.96. The highest BCUT2D eigenvalue weighted by Crippen LogP contribution is 2.10. The lowest BCUT2D eigenvalue weighted by Gasteiger charge is -2.09. The van der Waals surface area contributed by atoms with Crippen LogP contribution in [0.5, 0.6) is 0 Å². The number of hydrogen-bond acceptors (Lipinski definition) is 5. The molecule has 1 amide bonds. The Morgan fingerprint density at radius 3 is 2.71 bits per heavy atom. The maximum Gasteiger partial charge on any atom is 0.360 e. The Kier molecular flexibility index (Phi) is 4.08. The number of carbonyl (C=O) groups excluding carboxylic acids is 2. The molecule has 0 aliphatic rings. The van der Waals surface area contributed by atoms with Gasteiger partial charge in [-0.2, -0.15) is 5.10 Å². The highest BCUT2D eigenvalue weighted by Gasteiger charge is 2.15. The Morgan fingerprint density at radius 1 is 1.53 bits per heavy atom. The van der Waals surface area contributed by atoms with Gasteiger partial charge in [-0.15, -0.1) is 0 Å². The second-order valence-electron chi connectivity index (χ2n) is 3.73. The number of rotatable bonds is 4. The van der Waals surface area contributed by atoms with Crippen molar-refractivity contribution in [2.24, 2.45) is 0 Å². The van der Waals surface area contributed by atoms with Gasteiger partial charge in [0.2, 0.25) is 5.91 Å². The van der Waals surface area contributed by atoms with E-state index in [1.54, 1.807) is 14.1 Å². The third-order valence-electron chi connectivity index (χ3n) is 2.22.